The maximum Gasteiger partial charge on any atom is 0.269 e. The van der Waals surface area contributed by atoms with Crippen molar-refractivity contribution >= 4 is 308 Å². The molecule has 5 heteroatoms. The van der Waals surface area contributed by atoms with Gasteiger partial charge in [-0.2, -0.15) is 5.10 Å². The van der Waals surface area contributed by atoms with E-state index < -0.39 is 11.0 Å². The Hall–Kier alpha value is -10.2. The molecule has 0 amide bonds. The Bertz CT molecular complexity index is 7800. The first kappa shape index (κ1) is 29.0. The van der Waals surface area contributed by atoms with Crippen LogP contribution in [0.4, 0.5) is 11.4 Å². The fourth-order valence-electron chi connectivity index (χ4n) is 25.9. The van der Waals surface area contributed by atoms with E-state index in [1.54, 1.807) is 217 Å². The summed E-state index contributed by atoms with van der Waals surface area (Å²) in [5.41, 5.74) is 11.4. The Morgan fingerprint density at radius 2 is 0.597 bits per heavy atom. The van der Waals surface area contributed by atoms with Gasteiger partial charge in [0.15, 0.2) is 0 Å². The molecule has 29 aromatic rings. The van der Waals surface area contributed by atoms with Crippen molar-refractivity contribution < 1.29 is 4.92 Å². The number of anilines is 1. The standard InChI is InChI=1S/C72H7N3O2/c76-75(77)11-7-5-10(6-8-11)74-72-68-62-56-46-34-26-18-14-12-13-16-20(18)28(34)38-32-24(16)25-17(13)21-19-15(12)23-22(14)30-36(26)44-50-40(30)41-31(23)37-27(19)35-29(21)39-33(25)43-42(32)54(48(38)56)64(68)65-55(43)49(39)57-47(35)53-45(37)51(41)59-58(50)66(60(62)52(44)46)71(72,67(59)61(53)63(57)69(65)72)70(73-74)9-3-1-2-4-9/h1-3,5-8H. The van der Waals surface area contributed by atoms with Crippen molar-refractivity contribution in [1.29, 1.82) is 0 Å². The van der Waals surface area contributed by atoms with E-state index in [0.29, 0.717) is 0 Å². The zero-order chi connectivity index (χ0) is 46.3. The van der Waals surface area contributed by atoms with Crippen molar-refractivity contribution in [2.75, 3.05) is 5.01 Å². The number of nitro benzene ring substituents is 1. The molecule has 35 rings (SSSR count). The molecule has 5 nitrogen and oxygen atoms in total. The van der Waals surface area contributed by atoms with Gasteiger partial charge in [0.05, 0.1) is 16.3 Å². The van der Waals surface area contributed by atoms with Crippen molar-refractivity contribution in [1.82, 2.24) is 0 Å². The van der Waals surface area contributed by atoms with Gasteiger partial charge >= 0.3 is 0 Å². The molecule has 322 valence electrons. The second-order valence-corrected chi connectivity index (χ2v) is 26.8. The highest BCUT2D eigenvalue weighted by Crippen LogP contribution is 2.86. The van der Waals surface area contributed by atoms with Crippen LogP contribution in [-0.2, 0) is 11.0 Å². The van der Waals surface area contributed by atoms with Gasteiger partial charge in [0.1, 0.15) is 11.0 Å². The lowest BCUT2D eigenvalue weighted by Crippen LogP contribution is -2.59. The van der Waals surface area contributed by atoms with Crippen LogP contribution in [0.25, 0.3) is 291 Å². The van der Waals surface area contributed by atoms with E-state index in [-0.39, 0.29) is 10.6 Å². The Kier molecular flexibility index (Phi) is 2.54. The molecule has 29 aromatic carbocycles. The predicted molar refractivity (Wildman–Crippen MR) is 318 cm³/mol. The third kappa shape index (κ3) is 1.61. The molecule has 5 aliphatic carbocycles. The molecule has 2 spiro atoms. The van der Waals surface area contributed by atoms with Gasteiger partial charge in [-0.3, -0.25) is 10.1 Å². The third-order valence-electron chi connectivity index (χ3n) is 26.3. The number of allylic oxidation sites excluding steroid dienone is 3. The third-order valence-corrected chi connectivity index (χ3v) is 26.3. The van der Waals surface area contributed by atoms with E-state index in [1.807, 2.05) is 12.1 Å². The maximum atomic E-state index is 12.6. The SMILES string of the molecule is O=[N+]([O-])c1ccc(N2N=C(C3=C=CC=C3)C34c5c6c7c8c9c%10c(c%11c%12c3c3c5c5c%13c6c6c7c7c9c9c%14c%10c%10c%11c%11c%12c%12c3c3c5c5c%13c%13c6c6c7c9c7c9c%14c%10c%10c%11c%11c%12c3c3c5c5c%13c6c7c6c9c%10c%11c3c56)C824)cc1. The number of nitro groups is 1. The molecule has 0 aromatic heterocycles. The van der Waals surface area contributed by atoms with Crippen molar-refractivity contribution in [3.05, 3.63) is 86.2 Å². The molecule has 0 unspecified atom stereocenters. The molecular weight excluding hydrogens is 939 g/mol. The summed E-state index contributed by atoms with van der Waals surface area (Å²) < 4.78 is 0. The summed E-state index contributed by atoms with van der Waals surface area (Å²) in [6, 6.07) is 7.57. The highest BCUT2D eigenvalue weighted by molar-refractivity contribution is 6.82. The lowest BCUT2D eigenvalue weighted by atomic mass is 9.50. The van der Waals surface area contributed by atoms with E-state index in [2.05, 4.69) is 29.0 Å². The largest absolute Gasteiger partial charge is 0.269 e. The number of rotatable bonds is 3. The lowest BCUT2D eigenvalue weighted by molar-refractivity contribution is -0.384. The van der Waals surface area contributed by atoms with E-state index >= 15 is 0 Å². The smallest absolute Gasteiger partial charge is 0.258 e. The van der Waals surface area contributed by atoms with Crippen molar-refractivity contribution in [3.8, 4) is 0 Å². The van der Waals surface area contributed by atoms with Gasteiger partial charge in [-0.15, -0.1) is 5.73 Å². The fourth-order valence-corrected chi connectivity index (χ4v) is 25.9. The number of non-ortho nitro benzene ring substituents is 1. The highest BCUT2D eigenvalue weighted by atomic mass is 16.6. The molecule has 0 bridgehead atoms. The summed E-state index contributed by atoms with van der Waals surface area (Å²) in [6.45, 7) is 0. The summed E-state index contributed by atoms with van der Waals surface area (Å²) in [7, 11) is 0. The van der Waals surface area contributed by atoms with Crippen LogP contribution in [0.15, 0.2) is 58.9 Å². The molecule has 0 N–H and O–H groups in total. The van der Waals surface area contributed by atoms with Gasteiger partial charge in [-0.25, -0.2) is 5.01 Å². The van der Waals surface area contributed by atoms with Gasteiger partial charge in [-0.1, -0.05) is 6.08 Å². The predicted octanol–water partition coefficient (Wildman–Crippen LogP) is 18.7. The maximum absolute atomic E-state index is 12.6. The van der Waals surface area contributed by atoms with Crippen LogP contribution in [0, 0.1) is 10.1 Å². The summed E-state index contributed by atoms with van der Waals surface area (Å²) in [6.07, 6.45) is 6.60. The molecule has 0 saturated carbocycles. The van der Waals surface area contributed by atoms with Crippen LogP contribution < -0.4 is 5.01 Å². The normalized spacial score (nSPS) is 22.1. The van der Waals surface area contributed by atoms with Crippen LogP contribution in [0.5, 0.6) is 0 Å². The number of hydrazone groups is 1. The second-order valence-electron chi connectivity index (χ2n) is 26.8. The van der Waals surface area contributed by atoms with Gasteiger partial charge in [-0.05, 0) is 326 Å². The van der Waals surface area contributed by atoms with Crippen LogP contribution in [-0.4, -0.2) is 10.6 Å². The average Bonchev–Trinajstić information content (AvgIpc) is 4.13. The van der Waals surface area contributed by atoms with Gasteiger partial charge in [0.25, 0.3) is 5.69 Å². The summed E-state index contributed by atoms with van der Waals surface area (Å²) in [5.74, 6) is 0. The first-order valence-electron chi connectivity index (χ1n) is 27.8. The van der Waals surface area contributed by atoms with E-state index in [0.717, 1.165) is 17.0 Å². The molecule has 1 aliphatic heterocycles. The van der Waals surface area contributed by atoms with Crippen LogP contribution in [0.3, 0.4) is 0 Å². The lowest BCUT2D eigenvalue weighted by Gasteiger charge is -2.53. The second kappa shape index (κ2) is 6.72. The topological polar surface area (TPSA) is 58.7 Å². The van der Waals surface area contributed by atoms with Crippen molar-refractivity contribution in [2.24, 2.45) is 5.10 Å². The first-order chi connectivity index (χ1) is 38.2. The molecule has 1 heterocycles. The van der Waals surface area contributed by atoms with Crippen LogP contribution in [0.2, 0.25) is 0 Å². The highest BCUT2D eigenvalue weighted by Gasteiger charge is 2.77. The minimum Gasteiger partial charge on any atom is -0.258 e. The fraction of sp³-hybridized carbons (Fsp3) is 0.0278. The number of nitrogens with zero attached hydrogens (tertiary/aromatic N) is 3. The summed E-state index contributed by atoms with van der Waals surface area (Å²) in [5, 5.41) is 105. The molecule has 6 aliphatic rings. The molecule has 0 atom stereocenters. The van der Waals surface area contributed by atoms with Crippen molar-refractivity contribution in [3.63, 3.8) is 0 Å². The van der Waals surface area contributed by atoms with Gasteiger partial charge in [0.2, 0.25) is 0 Å². The molecule has 0 radical (unpaired) electrons. The van der Waals surface area contributed by atoms with E-state index in [4.69, 9.17) is 5.10 Å². The number of hydrogen-bond donors (Lipinski definition) is 0. The molecule has 0 saturated heterocycles. The zero-order valence-corrected chi connectivity index (χ0v) is 38.7. The quantitative estimate of drug-likeness (QED) is 0.0767. The minimum atomic E-state index is -0.866. The van der Waals surface area contributed by atoms with E-state index in [9.17, 15) is 10.1 Å². The Morgan fingerprint density at radius 3 is 0.831 bits per heavy atom. The number of benzene rings is 19. The van der Waals surface area contributed by atoms with Gasteiger partial charge < -0.3 is 0 Å². The minimum absolute atomic E-state index is 0.106. The van der Waals surface area contributed by atoms with Crippen LogP contribution >= 0.6 is 0 Å². The zero-order valence-electron chi connectivity index (χ0n) is 38.7. The van der Waals surface area contributed by atoms with Crippen LogP contribution in [0.1, 0.15) is 22.3 Å². The van der Waals surface area contributed by atoms with Gasteiger partial charge in [0, 0.05) is 28.8 Å². The molecule has 77 heavy (non-hydrogen) atoms. The Morgan fingerprint density at radius 1 is 0.351 bits per heavy atom. The first-order valence-corrected chi connectivity index (χ1v) is 27.8. The molecule has 0 fully saturated rings. The summed E-state index contributed by atoms with van der Waals surface area (Å²) in [4.78, 5) is 12.4. The number of hydrogen-bond acceptors (Lipinski definition) is 4. The van der Waals surface area contributed by atoms with E-state index in [1.165, 1.54) is 108 Å². The summed E-state index contributed by atoms with van der Waals surface area (Å²) >= 11 is 0. The molecular formula is C72H7N3O2. The Labute approximate surface area is 417 Å². The Balaban J connectivity index is 1.10. The average molecular weight is 946 g/mol. The van der Waals surface area contributed by atoms with Crippen molar-refractivity contribution in [2.45, 2.75) is 11.0 Å². The monoisotopic (exact) mass is 945 g/mol.